The van der Waals surface area contributed by atoms with Crippen LogP contribution in [0.5, 0.6) is 0 Å². The van der Waals surface area contributed by atoms with Crippen molar-refractivity contribution in [2.75, 3.05) is 13.1 Å². The quantitative estimate of drug-likeness (QED) is 0.793. The molecular weight excluding hydrogens is 226 g/mol. The highest BCUT2D eigenvalue weighted by atomic mass is 79.9. The number of nitrogens with one attached hydrogen (secondary N) is 1. The maximum absolute atomic E-state index is 3.46. The van der Waals surface area contributed by atoms with Crippen molar-refractivity contribution in [1.82, 2.24) is 5.32 Å². The lowest BCUT2D eigenvalue weighted by atomic mass is 10.0. The summed E-state index contributed by atoms with van der Waals surface area (Å²) < 4.78 is 1.15. The van der Waals surface area contributed by atoms with Crippen LogP contribution in [0.1, 0.15) is 11.1 Å². The molecule has 0 spiro atoms. The molecule has 1 aliphatic rings. The second-order valence-electron chi connectivity index (χ2n) is 3.41. The Morgan fingerprint density at radius 2 is 2.15 bits per heavy atom. The first-order valence-electron chi connectivity index (χ1n) is 4.42. The molecule has 0 radical (unpaired) electrons. The van der Waals surface area contributed by atoms with Crippen LogP contribution >= 0.6 is 15.9 Å². The molecule has 1 aromatic rings. The van der Waals surface area contributed by atoms with Crippen molar-refractivity contribution in [3.8, 4) is 0 Å². The summed E-state index contributed by atoms with van der Waals surface area (Å²) in [4.78, 5) is 0. The Morgan fingerprint density at radius 3 is 2.69 bits per heavy atom. The van der Waals surface area contributed by atoms with Gasteiger partial charge in [0, 0.05) is 17.6 Å². The molecule has 0 aliphatic carbocycles. The summed E-state index contributed by atoms with van der Waals surface area (Å²) in [6, 6.07) is 6.40. The average molecular weight is 238 g/mol. The summed E-state index contributed by atoms with van der Waals surface area (Å²) in [6.07, 6.45) is 2.28. The summed E-state index contributed by atoms with van der Waals surface area (Å²) in [6.45, 7) is 4.24. The molecule has 1 saturated heterocycles. The number of halogens is 1. The molecule has 13 heavy (non-hydrogen) atoms. The van der Waals surface area contributed by atoms with E-state index in [0.29, 0.717) is 0 Å². The van der Waals surface area contributed by atoms with E-state index in [0.717, 1.165) is 17.6 Å². The summed E-state index contributed by atoms with van der Waals surface area (Å²) in [5, 5.41) is 3.23. The normalized spacial score (nSPS) is 15.4. The van der Waals surface area contributed by atoms with E-state index < -0.39 is 0 Å². The predicted molar refractivity (Wildman–Crippen MR) is 59.7 cm³/mol. The first-order chi connectivity index (χ1) is 6.25. The highest BCUT2D eigenvalue weighted by molar-refractivity contribution is 9.10. The molecule has 1 heterocycles. The second-order valence-corrected chi connectivity index (χ2v) is 4.32. The predicted octanol–water partition coefficient (Wildman–Crippen LogP) is 2.74. The third-order valence-electron chi connectivity index (χ3n) is 2.30. The Labute approximate surface area is 87.0 Å². The second kappa shape index (κ2) is 3.64. The number of hydrogen-bond acceptors (Lipinski definition) is 1. The SMILES string of the molecule is Cc1cc(Br)ccc1C=C1CNC1. The average Bonchev–Trinajstić information content (AvgIpc) is 1.99. The van der Waals surface area contributed by atoms with Gasteiger partial charge in [0.25, 0.3) is 0 Å². The van der Waals surface area contributed by atoms with E-state index in [1.54, 1.807) is 0 Å². The summed E-state index contributed by atoms with van der Waals surface area (Å²) in [5.74, 6) is 0. The molecule has 1 nitrogen and oxygen atoms in total. The van der Waals surface area contributed by atoms with Crippen LogP contribution in [0.4, 0.5) is 0 Å². The molecule has 0 atom stereocenters. The van der Waals surface area contributed by atoms with Crippen molar-refractivity contribution in [3.63, 3.8) is 0 Å². The Hall–Kier alpha value is -0.600. The number of hydrogen-bond donors (Lipinski definition) is 1. The van der Waals surface area contributed by atoms with Gasteiger partial charge in [-0.3, -0.25) is 0 Å². The van der Waals surface area contributed by atoms with Crippen molar-refractivity contribution < 1.29 is 0 Å². The lowest BCUT2D eigenvalue weighted by molar-refractivity contribution is 0.675. The maximum Gasteiger partial charge on any atom is 0.0183 e. The summed E-state index contributed by atoms with van der Waals surface area (Å²) >= 11 is 3.46. The minimum Gasteiger partial charge on any atom is -0.309 e. The lowest BCUT2D eigenvalue weighted by Crippen LogP contribution is -2.33. The Balaban J connectivity index is 2.29. The van der Waals surface area contributed by atoms with E-state index in [1.165, 1.54) is 16.7 Å². The highest BCUT2D eigenvalue weighted by Crippen LogP contribution is 2.19. The molecule has 0 saturated carbocycles. The Bertz CT molecular complexity index is 349. The molecule has 2 heteroatoms. The highest BCUT2D eigenvalue weighted by Gasteiger charge is 2.07. The minimum atomic E-state index is 1.05. The zero-order chi connectivity index (χ0) is 9.26. The van der Waals surface area contributed by atoms with Crippen LogP contribution in [0.3, 0.4) is 0 Å². The van der Waals surface area contributed by atoms with Crippen LogP contribution in [-0.4, -0.2) is 13.1 Å². The van der Waals surface area contributed by atoms with E-state index in [4.69, 9.17) is 0 Å². The van der Waals surface area contributed by atoms with Crippen molar-refractivity contribution in [2.45, 2.75) is 6.92 Å². The Kier molecular flexibility index (Phi) is 2.51. The van der Waals surface area contributed by atoms with Gasteiger partial charge in [0.05, 0.1) is 0 Å². The molecule has 2 rings (SSSR count). The van der Waals surface area contributed by atoms with Gasteiger partial charge in [0.15, 0.2) is 0 Å². The molecule has 68 valence electrons. The molecule has 0 bridgehead atoms. The van der Waals surface area contributed by atoms with Gasteiger partial charge in [-0.15, -0.1) is 0 Å². The van der Waals surface area contributed by atoms with Gasteiger partial charge in [0.2, 0.25) is 0 Å². The van der Waals surface area contributed by atoms with Crippen LogP contribution in [0, 0.1) is 6.92 Å². The minimum absolute atomic E-state index is 1.05. The smallest absolute Gasteiger partial charge is 0.0183 e. The zero-order valence-electron chi connectivity index (χ0n) is 7.60. The maximum atomic E-state index is 3.46. The van der Waals surface area contributed by atoms with Crippen molar-refractivity contribution in [1.29, 1.82) is 0 Å². The van der Waals surface area contributed by atoms with Gasteiger partial charge >= 0.3 is 0 Å². The third kappa shape index (κ3) is 2.01. The third-order valence-corrected chi connectivity index (χ3v) is 2.79. The van der Waals surface area contributed by atoms with Gasteiger partial charge in [-0.25, -0.2) is 0 Å². The first-order valence-corrected chi connectivity index (χ1v) is 5.21. The molecular formula is C11H12BrN. The van der Waals surface area contributed by atoms with Gasteiger partial charge in [0.1, 0.15) is 0 Å². The van der Waals surface area contributed by atoms with Gasteiger partial charge in [-0.1, -0.05) is 28.1 Å². The first kappa shape index (κ1) is 8.97. The van der Waals surface area contributed by atoms with Gasteiger partial charge < -0.3 is 5.32 Å². The van der Waals surface area contributed by atoms with E-state index in [2.05, 4.69) is 52.4 Å². The van der Waals surface area contributed by atoms with Gasteiger partial charge in [-0.2, -0.15) is 0 Å². The number of benzene rings is 1. The van der Waals surface area contributed by atoms with Crippen LogP contribution < -0.4 is 5.32 Å². The van der Waals surface area contributed by atoms with E-state index in [-0.39, 0.29) is 0 Å². The van der Waals surface area contributed by atoms with Crippen LogP contribution in [0.2, 0.25) is 0 Å². The van der Waals surface area contributed by atoms with E-state index in [9.17, 15) is 0 Å². The van der Waals surface area contributed by atoms with Crippen LogP contribution in [0.25, 0.3) is 6.08 Å². The topological polar surface area (TPSA) is 12.0 Å². The summed E-state index contributed by atoms with van der Waals surface area (Å²) in [5.41, 5.74) is 4.15. The fraction of sp³-hybridized carbons (Fsp3) is 0.273. The van der Waals surface area contributed by atoms with Gasteiger partial charge in [-0.05, 0) is 35.8 Å². The fourth-order valence-electron chi connectivity index (χ4n) is 1.39. The van der Waals surface area contributed by atoms with E-state index in [1.807, 2.05) is 0 Å². The monoisotopic (exact) mass is 237 g/mol. The van der Waals surface area contributed by atoms with Crippen molar-refractivity contribution in [3.05, 3.63) is 39.4 Å². The van der Waals surface area contributed by atoms with Crippen LogP contribution in [-0.2, 0) is 0 Å². The van der Waals surface area contributed by atoms with Crippen molar-refractivity contribution in [2.24, 2.45) is 0 Å². The van der Waals surface area contributed by atoms with Crippen molar-refractivity contribution >= 4 is 22.0 Å². The Morgan fingerprint density at radius 1 is 1.38 bits per heavy atom. The zero-order valence-corrected chi connectivity index (χ0v) is 9.19. The largest absolute Gasteiger partial charge is 0.309 e. The summed E-state index contributed by atoms with van der Waals surface area (Å²) in [7, 11) is 0. The molecule has 1 aromatic carbocycles. The van der Waals surface area contributed by atoms with Crippen LogP contribution in [0.15, 0.2) is 28.2 Å². The lowest BCUT2D eigenvalue weighted by Gasteiger charge is -2.18. The fourth-order valence-corrected chi connectivity index (χ4v) is 1.87. The molecule has 0 amide bonds. The molecule has 1 aliphatic heterocycles. The number of rotatable bonds is 1. The molecule has 1 N–H and O–H groups in total. The van der Waals surface area contributed by atoms with E-state index >= 15 is 0 Å². The standard InChI is InChI=1S/C11H12BrN/c1-8-4-11(12)3-2-10(8)5-9-6-13-7-9/h2-5,13H,6-7H2,1H3. The molecule has 0 aromatic heterocycles. The molecule has 0 unspecified atom stereocenters. The molecule has 1 fully saturated rings. The number of aryl methyl sites for hydroxylation is 1.